The smallest absolute Gasteiger partial charge is 0.255 e. The van der Waals surface area contributed by atoms with Crippen molar-refractivity contribution < 1.29 is 9.59 Å². The Labute approximate surface area is 193 Å². The van der Waals surface area contributed by atoms with Gasteiger partial charge in [0.05, 0.1) is 11.7 Å². The zero-order valence-corrected chi connectivity index (χ0v) is 19.4. The molecule has 1 aromatic heterocycles. The Morgan fingerprint density at radius 1 is 0.939 bits per heavy atom. The maximum atomic E-state index is 13.5. The fraction of sp³-hybridized carbons (Fsp3) is 0.214. The number of fused-ring (bicyclic) bond motifs is 2. The van der Waals surface area contributed by atoms with Gasteiger partial charge >= 0.3 is 0 Å². The summed E-state index contributed by atoms with van der Waals surface area (Å²) >= 11 is 0. The zero-order chi connectivity index (χ0) is 23.3. The summed E-state index contributed by atoms with van der Waals surface area (Å²) in [5, 5.41) is 1.09. The molecule has 0 bridgehead atoms. The van der Waals surface area contributed by atoms with Gasteiger partial charge in [-0.1, -0.05) is 66.2 Å². The molecule has 166 valence electrons. The van der Waals surface area contributed by atoms with Crippen LogP contribution in [-0.4, -0.2) is 46.8 Å². The summed E-state index contributed by atoms with van der Waals surface area (Å²) < 4.78 is 2.20. The number of likely N-dealkylation sites (N-methyl/N-ethyl adjacent to an activating group) is 1. The SMILES string of the molecule is Cc1ccc(-c2c([C@@H]3c4ccccc4C(=O)N3CC(=O)N(C)C)c3ccccc3n2C)cc1. The Hall–Kier alpha value is -3.86. The van der Waals surface area contributed by atoms with Gasteiger partial charge in [-0.2, -0.15) is 0 Å². The number of rotatable bonds is 4. The summed E-state index contributed by atoms with van der Waals surface area (Å²) in [6.45, 7) is 2.11. The van der Waals surface area contributed by atoms with Crippen LogP contribution in [0.25, 0.3) is 22.2 Å². The summed E-state index contributed by atoms with van der Waals surface area (Å²) in [5.74, 6) is -0.202. The van der Waals surface area contributed by atoms with Crippen LogP contribution in [0.5, 0.6) is 0 Å². The molecule has 1 aliphatic rings. The van der Waals surface area contributed by atoms with Crippen LogP contribution in [-0.2, 0) is 11.8 Å². The van der Waals surface area contributed by atoms with Crippen molar-refractivity contribution in [2.75, 3.05) is 20.6 Å². The fourth-order valence-corrected chi connectivity index (χ4v) is 4.89. The predicted molar refractivity (Wildman–Crippen MR) is 131 cm³/mol. The minimum absolute atomic E-state index is 0.0295. The van der Waals surface area contributed by atoms with E-state index in [2.05, 4.69) is 54.9 Å². The van der Waals surface area contributed by atoms with Crippen molar-refractivity contribution in [3.05, 3.63) is 95.1 Å². The minimum atomic E-state index is -0.347. The maximum absolute atomic E-state index is 13.5. The molecule has 5 rings (SSSR count). The minimum Gasteiger partial charge on any atom is -0.347 e. The van der Waals surface area contributed by atoms with Crippen LogP contribution in [0.1, 0.15) is 33.1 Å². The van der Waals surface area contributed by atoms with Crippen molar-refractivity contribution in [2.45, 2.75) is 13.0 Å². The molecule has 2 heterocycles. The largest absolute Gasteiger partial charge is 0.347 e. The quantitative estimate of drug-likeness (QED) is 0.461. The maximum Gasteiger partial charge on any atom is 0.255 e. The molecule has 0 spiro atoms. The summed E-state index contributed by atoms with van der Waals surface area (Å²) in [4.78, 5) is 29.6. The van der Waals surface area contributed by atoms with E-state index in [9.17, 15) is 9.59 Å². The van der Waals surface area contributed by atoms with E-state index in [-0.39, 0.29) is 24.4 Å². The number of para-hydroxylation sites is 1. The standard InChI is InChI=1S/C28H27N3O2/c1-18-13-15-19(16-14-18)26-25(22-11-7-8-12-23(22)30(26)4)27-20-9-5-6-10-21(20)28(33)31(27)17-24(32)29(2)3/h5-16,27H,17H2,1-4H3/t27-/m0/s1. The zero-order valence-electron chi connectivity index (χ0n) is 19.4. The molecule has 0 radical (unpaired) electrons. The normalized spacial score (nSPS) is 15.2. The number of aryl methyl sites for hydroxylation is 2. The third-order valence-corrected chi connectivity index (χ3v) is 6.61. The number of benzene rings is 3. The van der Waals surface area contributed by atoms with E-state index >= 15 is 0 Å². The number of carbonyl (C=O) groups excluding carboxylic acids is 2. The molecule has 4 aromatic rings. The van der Waals surface area contributed by atoms with Gasteiger partial charge in [-0.3, -0.25) is 9.59 Å². The van der Waals surface area contributed by atoms with E-state index in [1.54, 1.807) is 19.0 Å². The molecule has 0 aliphatic carbocycles. The number of hydrogen-bond acceptors (Lipinski definition) is 2. The lowest BCUT2D eigenvalue weighted by Crippen LogP contribution is -2.39. The molecule has 5 nitrogen and oxygen atoms in total. The van der Waals surface area contributed by atoms with Crippen LogP contribution < -0.4 is 0 Å². The van der Waals surface area contributed by atoms with Crippen LogP contribution in [0, 0.1) is 6.92 Å². The van der Waals surface area contributed by atoms with Crippen molar-refractivity contribution in [1.82, 2.24) is 14.4 Å². The first-order valence-electron chi connectivity index (χ1n) is 11.1. The van der Waals surface area contributed by atoms with E-state index in [1.807, 2.05) is 36.4 Å². The number of nitrogens with zero attached hydrogens (tertiary/aromatic N) is 3. The van der Waals surface area contributed by atoms with Crippen molar-refractivity contribution in [1.29, 1.82) is 0 Å². The number of aromatic nitrogens is 1. The highest BCUT2D eigenvalue weighted by Crippen LogP contribution is 2.46. The van der Waals surface area contributed by atoms with Gasteiger partial charge in [0.2, 0.25) is 5.91 Å². The summed E-state index contributed by atoms with van der Waals surface area (Å²) in [7, 11) is 5.51. The molecule has 0 N–H and O–H groups in total. The second kappa shape index (κ2) is 7.93. The second-order valence-corrected chi connectivity index (χ2v) is 8.92. The van der Waals surface area contributed by atoms with Crippen molar-refractivity contribution >= 4 is 22.7 Å². The number of hydrogen-bond donors (Lipinski definition) is 0. The van der Waals surface area contributed by atoms with Gasteiger partial charge < -0.3 is 14.4 Å². The van der Waals surface area contributed by atoms with Gasteiger partial charge in [-0.05, 0) is 30.2 Å². The monoisotopic (exact) mass is 437 g/mol. The van der Waals surface area contributed by atoms with E-state index in [0.717, 1.165) is 33.3 Å². The van der Waals surface area contributed by atoms with Crippen LogP contribution in [0.15, 0.2) is 72.8 Å². The van der Waals surface area contributed by atoms with Gasteiger partial charge in [0.25, 0.3) is 5.91 Å². The van der Waals surface area contributed by atoms with Crippen molar-refractivity contribution in [3.8, 4) is 11.3 Å². The van der Waals surface area contributed by atoms with Gasteiger partial charge in [0, 0.05) is 43.2 Å². The Morgan fingerprint density at radius 3 is 2.33 bits per heavy atom. The van der Waals surface area contributed by atoms with Crippen LogP contribution in [0.3, 0.4) is 0 Å². The first-order chi connectivity index (χ1) is 15.9. The third kappa shape index (κ3) is 3.32. The number of amides is 2. The van der Waals surface area contributed by atoms with Gasteiger partial charge in [0.1, 0.15) is 6.54 Å². The molecule has 3 aromatic carbocycles. The molecule has 1 atom stereocenters. The van der Waals surface area contributed by atoms with E-state index < -0.39 is 0 Å². The first-order valence-corrected chi connectivity index (χ1v) is 11.1. The Morgan fingerprint density at radius 2 is 1.61 bits per heavy atom. The molecule has 0 saturated heterocycles. The Balaban J connectivity index is 1.81. The first kappa shape index (κ1) is 21.0. The van der Waals surface area contributed by atoms with Crippen molar-refractivity contribution in [3.63, 3.8) is 0 Å². The average Bonchev–Trinajstić information content (AvgIpc) is 3.26. The Kier molecular flexibility index (Phi) is 5.05. The van der Waals surface area contributed by atoms with Gasteiger partial charge in [0.15, 0.2) is 0 Å². The van der Waals surface area contributed by atoms with E-state index in [4.69, 9.17) is 0 Å². The lowest BCUT2D eigenvalue weighted by atomic mass is 9.93. The molecule has 0 fully saturated rings. The lowest BCUT2D eigenvalue weighted by molar-refractivity contribution is -0.129. The van der Waals surface area contributed by atoms with Crippen LogP contribution in [0.4, 0.5) is 0 Å². The highest BCUT2D eigenvalue weighted by atomic mass is 16.2. The summed E-state index contributed by atoms with van der Waals surface area (Å²) in [6.07, 6.45) is 0. The lowest BCUT2D eigenvalue weighted by Gasteiger charge is -2.27. The Bertz CT molecular complexity index is 1380. The molecule has 33 heavy (non-hydrogen) atoms. The molecule has 1 aliphatic heterocycles. The summed E-state index contributed by atoms with van der Waals surface area (Å²) in [5.41, 5.74) is 7.10. The second-order valence-electron chi connectivity index (χ2n) is 8.92. The van der Waals surface area contributed by atoms with E-state index in [0.29, 0.717) is 5.56 Å². The summed E-state index contributed by atoms with van der Waals surface area (Å²) in [6, 6.07) is 24.1. The molecule has 2 amide bonds. The average molecular weight is 438 g/mol. The van der Waals surface area contributed by atoms with Crippen LogP contribution in [0.2, 0.25) is 0 Å². The molecule has 5 heteroatoms. The predicted octanol–water partition coefficient (Wildman–Crippen LogP) is 4.79. The fourth-order valence-electron chi connectivity index (χ4n) is 4.89. The van der Waals surface area contributed by atoms with Crippen molar-refractivity contribution in [2.24, 2.45) is 7.05 Å². The molecular weight excluding hydrogens is 410 g/mol. The highest BCUT2D eigenvalue weighted by molar-refractivity contribution is 6.03. The van der Waals surface area contributed by atoms with Crippen LogP contribution >= 0.6 is 0 Å². The van der Waals surface area contributed by atoms with Gasteiger partial charge in [-0.15, -0.1) is 0 Å². The van der Waals surface area contributed by atoms with E-state index in [1.165, 1.54) is 10.5 Å². The molecule has 0 unspecified atom stereocenters. The topological polar surface area (TPSA) is 45.6 Å². The highest BCUT2D eigenvalue weighted by Gasteiger charge is 2.41. The van der Waals surface area contributed by atoms with Gasteiger partial charge in [-0.25, -0.2) is 0 Å². The molecular formula is C28H27N3O2. The number of carbonyl (C=O) groups is 2. The molecule has 0 saturated carbocycles. The third-order valence-electron chi connectivity index (χ3n) is 6.61.